The van der Waals surface area contributed by atoms with Gasteiger partial charge in [-0.05, 0) is 82.4 Å². The molecule has 0 radical (unpaired) electrons. The normalized spacial score (nSPS) is 11.8. The van der Waals surface area contributed by atoms with Gasteiger partial charge in [0.1, 0.15) is 22.3 Å². The molecule has 0 bridgehead atoms. The van der Waals surface area contributed by atoms with Crippen LogP contribution in [0.3, 0.4) is 0 Å². The number of hydrogen-bond donors (Lipinski definition) is 0. The van der Waals surface area contributed by atoms with Crippen LogP contribution in [0.15, 0.2) is 239 Å². The molecule has 0 unspecified atom stereocenters. The highest BCUT2D eigenvalue weighted by molar-refractivity contribution is 6.16. The van der Waals surface area contributed by atoms with Crippen molar-refractivity contribution in [1.82, 2.24) is 19.5 Å². The molecule has 0 aliphatic heterocycles. The zero-order chi connectivity index (χ0) is 45.4. The van der Waals surface area contributed by atoms with E-state index in [2.05, 4.69) is 174 Å². The number of nitrogens with zero attached hydrogens (tertiary/aromatic N) is 4. The average molecular weight is 883 g/mol. The van der Waals surface area contributed by atoms with Crippen LogP contribution in [0.4, 0.5) is 0 Å². The van der Waals surface area contributed by atoms with Gasteiger partial charge in [-0.3, -0.25) is 0 Å². The summed E-state index contributed by atoms with van der Waals surface area (Å²) in [6, 6.07) is 80.3. The highest BCUT2D eigenvalue weighted by Crippen LogP contribution is 2.43. The first-order valence-electron chi connectivity index (χ1n) is 23.2. The largest absolute Gasteiger partial charge is 0.456 e. The van der Waals surface area contributed by atoms with Gasteiger partial charge in [0.25, 0.3) is 0 Å². The molecule has 0 atom stereocenters. The molecule has 4 heterocycles. The van der Waals surface area contributed by atoms with E-state index in [4.69, 9.17) is 23.8 Å². The Labute approximate surface area is 396 Å². The van der Waals surface area contributed by atoms with E-state index < -0.39 is 0 Å². The molecule has 0 aliphatic carbocycles. The Kier molecular flexibility index (Phi) is 8.79. The molecule has 322 valence electrons. The molecular weight excluding hydrogens is 845 g/mol. The number of rotatable bonds is 7. The van der Waals surface area contributed by atoms with Crippen molar-refractivity contribution in [2.75, 3.05) is 0 Å². The number of hydrogen-bond acceptors (Lipinski definition) is 5. The summed E-state index contributed by atoms with van der Waals surface area (Å²) >= 11 is 0. The van der Waals surface area contributed by atoms with E-state index >= 15 is 0 Å². The first kappa shape index (κ1) is 38.8. The van der Waals surface area contributed by atoms with Gasteiger partial charge in [-0.1, -0.05) is 170 Å². The summed E-state index contributed by atoms with van der Waals surface area (Å²) in [5.41, 5.74) is 16.0. The number of furan rings is 2. The maximum atomic E-state index is 6.81. The number of benzene rings is 10. The zero-order valence-corrected chi connectivity index (χ0v) is 37.0. The van der Waals surface area contributed by atoms with Crippen molar-refractivity contribution < 1.29 is 8.83 Å². The van der Waals surface area contributed by atoms with Crippen molar-refractivity contribution in [3.63, 3.8) is 0 Å². The predicted molar refractivity (Wildman–Crippen MR) is 281 cm³/mol. The van der Waals surface area contributed by atoms with Crippen molar-refractivity contribution >= 4 is 65.7 Å². The molecule has 0 saturated carbocycles. The Hall–Kier alpha value is -9.39. The van der Waals surface area contributed by atoms with E-state index in [9.17, 15) is 0 Å². The molecule has 0 N–H and O–H groups in total. The van der Waals surface area contributed by atoms with Crippen molar-refractivity contribution in [1.29, 1.82) is 0 Å². The fourth-order valence-corrected chi connectivity index (χ4v) is 10.2. The Morgan fingerprint density at radius 2 is 0.841 bits per heavy atom. The van der Waals surface area contributed by atoms with Gasteiger partial charge in [-0.15, -0.1) is 0 Å². The van der Waals surface area contributed by atoms with Gasteiger partial charge < -0.3 is 13.4 Å². The van der Waals surface area contributed by atoms with Crippen LogP contribution in [0.5, 0.6) is 0 Å². The molecule has 0 aliphatic rings. The molecule has 0 fully saturated rings. The first-order chi connectivity index (χ1) is 34.2. The van der Waals surface area contributed by atoms with Crippen LogP contribution in [0.1, 0.15) is 0 Å². The van der Waals surface area contributed by atoms with Crippen molar-refractivity contribution in [3.8, 4) is 73.2 Å². The third-order valence-corrected chi connectivity index (χ3v) is 13.5. The minimum atomic E-state index is 0.609. The lowest BCUT2D eigenvalue weighted by molar-refractivity contribution is 0.668. The van der Waals surface area contributed by atoms with E-state index in [1.165, 1.54) is 21.9 Å². The molecule has 4 aromatic heterocycles. The second-order valence-electron chi connectivity index (χ2n) is 17.5. The standard InChI is InChI=1S/C63H38N4O2/c1-4-15-39(16-5-1)42-30-34-55-53(36-42)49-23-10-11-27-54(49)67(55)46-31-33-51-50-32-29-44(37-57(50)68-58(51)38-46)48-25-13-26-52-59-47(24-14-28-56(59)69-60(48)52)43-21-12-22-45(35-43)63-65-61(40-17-6-2-7-18-40)64-62(66-63)41-19-8-3-9-20-41/h1-38H. The topological polar surface area (TPSA) is 69.9 Å². The van der Waals surface area contributed by atoms with Crippen molar-refractivity contribution in [2.24, 2.45) is 0 Å². The van der Waals surface area contributed by atoms with E-state index in [1.54, 1.807) is 0 Å². The Morgan fingerprint density at radius 1 is 0.290 bits per heavy atom. The first-order valence-corrected chi connectivity index (χ1v) is 23.2. The van der Waals surface area contributed by atoms with E-state index in [1.807, 2.05) is 60.7 Å². The maximum Gasteiger partial charge on any atom is 0.164 e. The van der Waals surface area contributed by atoms with Gasteiger partial charge in [-0.25, -0.2) is 15.0 Å². The van der Waals surface area contributed by atoms with Crippen LogP contribution < -0.4 is 0 Å². The highest BCUT2D eigenvalue weighted by Gasteiger charge is 2.20. The molecule has 14 aromatic rings. The summed E-state index contributed by atoms with van der Waals surface area (Å²) in [6.07, 6.45) is 0. The van der Waals surface area contributed by atoms with E-state index in [0.29, 0.717) is 17.5 Å². The summed E-state index contributed by atoms with van der Waals surface area (Å²) in [5, 5.41) is 6.67. The summed E-state index contributed by atoms with van der Waals surface area (Å²) in [6.45, 7) is 0. The van der Waals surface area contributed by atoms with Crippen LogP contribution in [0.2, 0.25) is 0 Å². The van der Waals surface area contributed by atoms with Crippen molar-refractivity contribution in [3.05, 3.63) is 231 Å². The number of aromatic nitrogens is 4. The monoisotopic (exact) mass is 882 g/mol. The second-order valence-corrected chi connectivity index (χ2v) is 17.5. The maximum absolute atomic E-state index is 6.81. The molecule has 69 heavy (non-hydrogen) atoms. The third kappa shape index (κ3) is 6.45. The summed E-state index contributed by atoms with van der Waals surface area (Å²) in [7, 11) is 0. The van der Waals surface area contributed by atoms with Gasteiger partial charge >= 0.3 is 0 Å². The van der Waals surface area contributed by atoms with Crippen LogP contribution in [0, 0.1) is 0 Å². The summed E-state index contributed by atoms with van der Waals surface area (Å²) in [5.74, 6) is 1.86. The molecule has 0 saturated heterocycles. The molecule has 0 spiro atoms. The molecule has 14 rings (SSSR count). The lowest BCUT2D eigenvalue weighted by Crippen LogP contribution is -2.00. The van der Waals surface area contributed by atoms with Crippen LogP contribution in [-0.4, -0.2) is 19.5 Å². The molecule has 6 heteroatoms. The van der Waals surface area contributed by atoms with E-state index in [-0.39, 0.29) is 0 Å². The SMILES string of the molecule is c1ccc(-c2ccc3c(c2)c2ccccc2n3-c2ccc3c(c2)oc2cc(-c4cccc5c4oc4cccc(-c6cccc(-c7nc(-c8ccccc8)nc(-c8ccccc8)n7)c6)c45)ccc23)cc1. The Balaban J connectivity index is 0.846. The predicted octanol–water partition coefficient (Wildman–Crippen LogP) is 16.8. The summed E-state index contributed by atoms with van der Waals surface area (Å²) in [4.78, 5) is 14.9. The minimum absolute atomic E-state index is 0.609. The van der Waals surface area contributed by atoms with Crippen LogP contribution in [-0.2, 0) is 0 Å². The Bertz CT molecular complexity index is 4250. The minimum Gasteiger partial charge on any atom is -0.456 e. The summed E-state index contributed by atoms with van der Waals surface area (Å²) < 4.78 is 15.9. The van der Waals surface area contributed by atoms with Gasteiger partial charge in [0.15, 0.2) is 17.5 Å². The second kappa shape index (κ2) is 15.6. The lowest BCUT2D eigenvalue weighted by atomic mass is 9.96. The van der Waals surface area contributed by atoms with Gasteiger partial charge in [0.05, 0.1) is 11.0 Å². The van der Waals surface area contributed by atoms with Gasteiger partial charge in [-0.2, -0.15) is 0 Å². The van der Waals surface area contributed by atoms with Crippen LogP contribution in [0.25, 0.3) is 139 Å². The van der Waals surface area contributed by atoms with Gasteiger partial charge in [0.2, 0.25) is 0 Å². The van der Waals surface area contributed by atoms with Crippen molar-refractivity contribution in [2.45, 2.75) is 0 Å². The quantitative estimate of drug-likeness (QED) is 0.159. The molecular formula is C63H38N4O2. The fraction of sp³-hybridized carbons (Fsp3) is 0. The number of fused-ring (bicyclic) bond motifs is 9. The number of para-hydroxylation sites is 2. The van der Waals surface area contributed by atoms with Gasteiger partial charge in [0, 0.05) is 66.3 Å². The average Bonchev–Trinajstić information content (AvgIpc) is 4.10. The fourth-order valence-electron chi connectivity index (χ4n) is 10.2. The highest BCUT2D eigenvalue weighted by atomic mass is 16.3. The van der Waals surface area contributed by atoms with E-state index in [0.717, 1.165) is 99.5 Å². The van der Waals surface area contributed by atoms with Crippen LogP contribution >= 0.6 is 0 Å². The smallest absolute Gasteiger partial charge is 0.164 e. The lowest BCUT2D eigenvalue weighted by Gasteiger charge is -2.10. The molecule has 0 amide bonds. The molecule has 6 nitrogen and oxygen atoms in total. The Morgan fingerprint density at radius 3 is 1.61 bits per heavy atom. The third-order valence-electron chi connectivity index (χ3n) is 13.5. The zero-order valence-electron chi connectivity index (χ0n) is 37.0. The molecule has 10 aromatic carbocycles.